The van der Waals surface area contributed by atoms with E-state index >= 15 is 0 Å². The molecular formula is C23H25F2N5O4. The van der Waals surface area contributed by atoms with Gasteiger partial charge < -0.3 is 30.1 Å². The Kier molecular flexibility index (Phi) is 4.56. The number of nitrogens with one attached hydrogen (secondary N) is 1. The van der Waals surface area contributed by atoms with Crippen LogP contribution >= 0.6 is 0 Å². The second-order valence-corrected chi connectivity index (χ2v) is 9.52. The lowest BCUT2D eigenvalue weighted by Gasteiger charge is -2.43. The van der Waals surface area contributed by atoms with Gasteiger partial charge in [0, 0.05) is 36.2 Å². The second-order valence-electron chi connectivity index (χ2n) is 9.52. The molecule has 2 aromatic rings. The predicted molar refractivity (Wildman–Crippen MR) is 117 cm³/mol. The van der Waals surface area contributed by atoms with Crippen molar-refractivity contribution in [1.82, 2.24) is 20.2 Å². The number of hydrogen-bond acceptors (Lipinski definition) is 7. The largest absolute Gasteiger partial charge is 0.490 e. The van der Waals surface area contributed by atoms with Crippen molar-refractivity contribution >= 4 is 12.0 Å². The number of β-amino-alcohol motifs (C(OH)–C–C–N with tert-alkyl or cyclic N) is 2. The molecule has 11 heteroatoms. The molecule has 0 bridgehead atoms. The molecule has 3 atom stereocenters. The number of aromatic nitrogens is 2. The molecule has 4 heterocycles. The van der Waals surface area contributed by atoms with Crippen molar-refractivity contribution in [2.24, 2.45) is 0 Å². The van der Waals surface area contributed by atoms with E-state index in [1.54, 1.807) is 22.8 Å². The summed E-state index contributed by atoms with van der Waals surface area (Å²) < 4.78 is 35.3. The molecule has 2 amide bonds. The van der Waals surface area contributed by atoms with E-state index in [1.807, 2.05) is 12.1 Å². The SMILES string of the molecule is C[C@H]1[C@H](O)CN1c1nc(-c2ccc3c(c2)OCC32CN(CCO)C(=O)N2)c2c(n1)C(F)(F)CC2. The van der Waals surface area contributed by atoms with Crippen LogP contribution in [-0.4, -0.2) is 76.1 Å². The van der Waals surface area contributed by atoms with Crippen LogP contribution in [0.5, 0.6) is 5.75 Å². The van der Waals surface area contributed by atoms with Crippen LogP contribution in [-0.2, 0) is 17.9 Å². The van der Waals surface area contributed by atoms with Crippen molar-refractivity contribution in [3.63, 3.8) is 0 Å². The lowest BCUT2D eigenvalue weighted by Crippen LogP contribution is -2.59. The van der Waals surface area contributed by atoms with Crippen molar-refractivity contribution in [3.8, 4) is 17.0 Å². The smallest absolute Gasteiger partial charge is 0.318 e. The molecule has 1 spiro atoms. The molecule has 1 unspecified atom stereocenters. The summed E-state index contributed by atoms with van der Waals surface area (Å²) in [5, 5.41) is 22.1. The van der Waals surface area contributed by atoms with Crippen LogP contribution in [0.25, 0.3) is 11.3 Å². The second kappa shape index (κ2) is 7.22. The molecule has 0 saturated carbocycles. The molecule has 9 nitrogen and oxygen atoms in total. The van der Waals surface area contributed by atoms with Gasteiger partial charge in [0.1, 0.15) is 23.6 Å². The normalized spacial score (nSPS) is 28.6. The standard InChI is InChI=1S/C23H25F2N5O4/c1-12-16(32)9-30(12)20-26-18(14-4-5-23(24,25)19(14)27-20)13-2-3-15-17(8-13)34-11-22(15)10-29(6-7-31)21(33)28-22/h2-3,8,12,16,31-32H,4-7,9-11H2,1H3,(H,28,33)/t12-,16+,22?/m0/s1. The van der Waals surface area contributed by atoms with Gasteiger partial charge in [0.2, 0.25) is 5.95 Å². The third kappa shape index (κ3) is 2.99. The molecule has 6 rings (SSSR count). The summed E-state index contributed by atoms with van der Waals surface area (Å²) in [6.45, 7) is 2.82. The Hall–Kier alpha value is -3.05. The molecule has 1 aromatic heterocycles. The number of rotatable bonds is 4. The topological polar surface area (TPSA) is 111 Å². The highest BCUT2D eigenvalue weighted by Gasteiger charge is 2.50. The van der Waals surface area contributed by atoms with E-state index < -0.39 is 17.6 Å². The number of benzene rings is 1. The van der Waals surface area contributed by atoms with Crippen molar-refractivity contribution < 1.29 is 28.5 Å². The maximum atomic E-state index is 14.7. The van der Waals surface area contributed by atoms with E-state index in [0.29, 0.717) is 35.7 Å². The van der Waals surface area contributed by atoms with Gasteiger partial charge in [-0.3, -0.25) is 0 Å². The highest BCUT2D eigenvalue weighted by atomic mass is 19.3. The summed E-state index contributed by atoms with van der Waals surface area (Å²) in [6, 6.07) is 4.92. The summed E-state index contributed by atoms with van der Waals surface area (Å²) in [5.74, 6) is -2.28. The molecule has 1 aromatic carbocycles. The minimum absolute atomic E-state index is 0.130. The number of alkyl halides is 2. The lowest BCUT2D eigenvalue weighted by atomic mass is 9.91. The number of carbonyl (C=O) groups is 1. The molecule has 3 aliphatic heterocycles. The van der Waals surface area contributed by atoms with Gasteiger partial charge in [-0.15, -0.1) is 0 Å². The van der Waals surface area contributed by atoms with E-state index in [0.717, 1.165) is 5.56 Å². The van der Waals surface area contributed by atoms with Gasteiger partial charge in [0.25, 0.3) is 5.92 Å². The Morgan fingerprint density at radius 1 is 1.32 bits per heavy atom. The number of aliphatic hydroxyl groups excluding tert-OH is 2. The van der Waals surface area contributed by atoms with Gasteiger partial charge in [0.05, 0.1) is 31.0 Å². The maximum Gasteiger partial charge on any atom is 0.318 e. The molecule has 180 valence electrons. The third-order valence-corrected chi connectivity index (χ3v) is 7.43. The van der Waals surface area contributed by atoms with Crippen LogP contribution in [0.4, 0.5) is 19.5 Å². The number of halogens is 2. The van der Waals surface area contributed by atoms with E-state index in [9.17, 15) is 23.8 Å². The molecule has 0 radical (unpaired) electrons. The zero-order valence-corrected chi connectivity index (χ0v) is 18.6. The summed E-state index contributed by atoms with van der Waals surface area (Å²) in [4.78, 5) is 24.5. The van der Waals surface area contributed by atoms with Gasteiger partial charge in [-0.1, -0.05) is 12.1 Å². The molecular weight excluding hydrogens is 448 g/mol. The average molecular weight is 473 g/mol. The van der Waals surface area contributed by atoms with Crippen molar-refractivity contribution in [2.45, 2.75) is 43.4 Å². The molecule has 1 aliphatic carbocycles. The monoisotopic (exact) mass is 473 g/mol. The minimum atomic E-state index is -3.03. The first-order chi connectivity index (χ1) is 16.2. The zero-order valence-electron chi connectivity index (χ0n) is 18.6. The first-order valence-electron chi connectivity index (χ1n) is 11.4. The number of urea groups is 1. The van der Waals surface area contributed by atoms with Gasteiger partial charge in [0.15, 0.2) is 0 Å². The Morgan fingerprint density at radius 2 is 2.15 bits per heavy atom. The Labute approximate surface area is 194 Å². The molecule has 2 saturated heterocycles. The van der Waals surface area contributed by atoms with Crippen molar-refractivity contribution in [3.05, 3.63) is 35.0 Å². The first-order valence-corrected chi connectivity index (χ1v) is 11.4. The van der Waals surface area contributed by atoms with Gasteiger partial charge >= 0.3 is 6.03 Å². The van der Waals surface area contributed by atoms with Crippen LogP contribution in [0.3, 0.4) is 0 Å². The summed E-state index contributed by atoms with van der Waals surface area (Å²) in [7, 11) is 0. The van der Waals surface area contributed by atoms with Crippen LogP contribution in [0.15, 0.2) is 18.2 Å². The number of hydrogen-bond donors (Lipinski definition) is 3. The number of nitrogens with zero attached hydrogens (tertiary/aromatic N) is 4. The Balaban J connectivity index is 1.40. The number of carbonyl (C=O) groups excluding carboxylic acids is 1. The van der Waals surface area contributed by atoms with E-state index in [2.05, 4.69) is 15.3 Å². The molecule has 34 heavy (non-hydrogen) atoms. The fourth-order valence-electron chi connectivity index (χ4n) is 5.35. The molecule has 3 N–H and O–H groups in total. The van der Waals surface area contributed by atoms with E-state index in [4.69, 9.17) is 4.74 Å². The van der Waals surface area contributed by atoms with Crippen molar-refractivity contribution in [2.75, 3.05) is 37.7 Å². The number of aliphatic hydroxyl groups is 2. The number of ether oxygens (including phenoxy) is 1. The highest BCUT2D eigenvalue weighted by molar-refractivity contribution is 5.80. The first kappa shape index (κ1) is 21.5. The molecule has 4 aliphatic rings. The Morgan fingerprint density at radius 3 is 2.88 bits per heavy atom. The van der Waals surface area contributed by atoms with Gasteiger partial charge in [-0.2, -0.15) is 8.78 Å². The van der Waals surface area contributed by atoms with Crippen molar-refractivity contribution in [1.29, 1.82) is 0 Å². The zero-order chi connectivity index (χ0) is 23.8. The molecule has 2 fully saturated rings. The fourth-order valence-corrected chi connectivity index (χ4v) is 5.35. The number of fused-ring (bicyclic) bond motifs is 3. The predicted octanol–water partition coefficient (Wildman–Crippen LogP) is 1.36. The summed E-state index contributed by atoms with van der Waals surface area (Å²) in [5.41, 5.74) is 1.35. The minimum Gasteiger partial charge on any atom is -0.490 e. The van der Waals surface area contributed by atoms with Crippen LogP contribution in [0.1, 0.15) is 30.2 Å². The average Bonchev–Trinajstić information content (AvgIpc) is 3.44. The number of anilines is 1. The quantitative estimate of drug-likeness (QED) is 0.615. The third-order valence-electron chi connectivity index (χ3n) is 7.43. The fraction of sp³-hybridized carbons (Fsp3) is 0.522. The van der Waals surface area contributed by atoms with Gasteiger partial charge in [-0.25, -0.2) is 14.8 Å². The Bertz CT molecular complexity index is 1190. The van der Waals surface area contributed by atoms with Crippen LogP contribution in [0, 0.1) is 0 Å². The maximum absolute atomic E-state index is 14.7. The van der Waals surface area contributed by atoms with E-state index in [-0.39, 0.29) is 56.3 Å². The highest BCUT2D eigenvalue weighted by Crippen LogP contribution is 2.47. The van der Waals surface area contributed by atoms with E-state index in [1.165, 1.54) is 0 Å². The van der Waals surface area contributed by atoms with Crippen LogP contribution < -0.4 is 15.0 Å². The summed E-state index contributed by atoms with van der Waals surface area (Å²) in [6.07, 6.45) is -0.690. The summed E-state index contributed by atoms with van der Waals surface area (Å²) >= 11 is 0. The van der Waals surface area contributed by atoms with Gasteiger partial charge in [-0.05, 0) is 19.4 Å². The number of amides is 2. The lowest BCUT2D eigenvalue weighted by molar-refractivity contribution is -0.00603. The van der Waals surface area contributed by atoms with Crippen LogP contribution in [0.2, 0.25) is 0 Å².